The normalized spacial score (nSPS) is 11.3. The van der Waals surface area contributed by atoms with E-state index in [-0.39, 0.29) is 5.82 Å². The van der Waals surface area contributed by atoms with Crippen LogP contribution in [0.3, 0.4) is 0 Å². The summed E-state index contributed by atoms with van der Waals surface area (Å²) < 4.78 is 21.5. The third-order valence-electron chi connectivity index (χ3n) is 6.53. The van der Waals surface area contributed by atoms with Crippen LogP contribution in [0, 0.1) is 19.7 Å². The topological polar surface area (TPSA) is 62.8 Å². The number of aromatic nitrogens is 3. The molecule has 3 heterocycles. The minimum atomic E-state index is -0.219. The molecule has 0 saturated heterocycles. The fraction of sp³-hybridized carbons (Fsp3) is 0.133. The largest absolute Gasteiger partial charge is 0.457 e. The number of hydrogen-bond acceptors (Lipinski definition) is 5. The highest BCUT2D eigenvalue weighted by atomic mass is 32.1. The minimum absolute atomic E-state index is 0.219. The van der Waals surface area contributed by atoms with Gasteiger partial charge in [0.05, 0.1) is 15.7 Å². The van der Waals surface area contributed by atoms with Crippen LogP contribution >= 0.6 is 11.3 Å². The maximum Gasteiger partial charge on any atom is 0.147 e. The number of nitrogens with zero attached hydrogens (tertiary/aromatic N) is 2. The van der Waals surface area contributed by atoms with E-state index in [0.717, 1.165) is 66.6 Å². The number of hydrogen-bond donors (Lipinski definition) is 2. The van der Waals surface area contributed by atoms with Gasteiger partial charge in [-0.15, -0.1) is 11.3 Å². The molecule has 37 heavy (non-hydrogen) atoms. The smallest absolute Gasteiger partial charge is 0.147 e. The van der Waals surface area contributed by atoms with Crippen molar-refractivity contribution in [3.05, 3.63) is 102 Å². The summed E-state index contributed by atoms with van der Waals surface area (Å²) in [6.45, 7) is 4.68. The van der Waals surface area contributed by atoms with Gasteiger partial charge in [0.25, 0.3) is 0 Å². The lowest BCUT2D eigenvalue weighted by atomic mass is 10.0. The molecule has 7 heteroatoms. The summed E-state index contributed by atoms with van der Waals surface area (Å²) in [5, 5.41) is 4.46. The number of benzene rings is 3. The Labute approximate surface area is 218 Å². The maximum atomic E-state index is 14.3. The molecule has 0 amide bonds. The van der Waals surface area contributed by atoms with Crippen molar-refractivity contribution in [2.45, 2.75) is 20.3 Å². The van der Waals surface area contributed by atoms with Crippen molar-refractivity contribution in [2.75, 3.05) is 11.9 Å². The predicted octanol–water partition coefficient (Wildman–Crippen LogP) is 8.04. The molecule has 0 atom stereocenters. The Morgan fingerprint density at radius 1 is 0.973 bits per heavy atom. The molecular weight excluding hydrogens is 483 g/mol. The Balaban J connectivity index is 1.27. The van der Waals surface area contributed by atoms with Gasteiger partial charge in [-0.2, -0.15) is 0 Å². The number of halogens is 1. The molecule has 0 unspecified atom stereocenters. The Morgan fingerprint density at radius 2 is 1.78 bits per heavy atom. The SMILES string of the molecule is Cc1[nH]c2c(F)ccc(C)c2c1CCNc1ncnc2cc(-c3ccccc3Oc3ccccc3)sc12. The van der Waals surface area contributed by atoms with Crippen LogP contribution in [0.2, 0.25) is 0 Å². The van der Waals surface area contributed by atoms with Crippen LogP contribution in [0.15, 0.2) is 79.1 Å². The van der Waals surface area contributed by atoms with Gasteiger partial charge in [-0.1, -0.05) is 36.4 Å². The van der Waals surface area contributed by atoms with Crippen molar-refractivity contribution >= 4 is 38.3 Å². The third kappa shape index (κ3) is 4.42. The maximum absolute atomic E-state index is 14.3. The number of aromatic amines is 1. The predicted molar refractivity (Wildman–Crippen MR) is 149 cm³/mol. The van der Waals surface area contributed by atoms with Gasteiger partial charge in [0.2, 0.25) is 0 Å². The Hall–Kier alpha value is -4.23. The molecule has 6 rings (SSSR count). The summed E-state index contributed by atoms with van der Waals surface area (Å²) in [4.78, 5) is 13.3. The highest BCUT2D eigenvalue weighted by Gasteiger charge is 2.16. The average molecular weight is 509 g/mol. The molecule has 184 valence electrons. The number of rotatable bonds is 7. The second-order valence-corrected chi connectivity index (χ2v) is 10.0. The molecule has 0 aliphatic carbocycles. The van der Waals surface area contributed by atoms with Gasteiger partial charge in [0.15, 0.2) is 0 Å². The highest BCUT2D eigenvalue weighted by Crippen LogP contribution is 2.41. The first-order chi connectivity index (χ1) is 18.1. The van der Waals surface area contributed by atoms with Crippen molar-refractivity contribution < 1.29 is 9.13 Å². The lowest BCUT2D eigenvalue weighted by Crippen LogP contribution is -2.07. The highest BCUT2D eigenvalue weighted by molar-refractivity contribution is 7.22. The van der Waals surface area contributed by atoms with Crippen LogP contribution in [-0.2, 0) is 6.42 Å². The number of para-hydroxylation sites is 2. The molecule has 0 fully saturated rings. The molecule has 0 spiro atoms. The molecule has 0 aliphatic rings. The molecule has 0 radical (unpaired) electrons. The third-order valence-corrected chi connectivity index (χ3v) is 7.70. The number of fused-ring (bicyclic) bond motifs is 2. The first-order valence-corrected chi connectivity index (χ1v) is 13.0. The van der Waals surface area contributed by atoms with Gasteiger partial charge >= 0.3 is 0 Å². The van der Waals surface area contributed by atoms with E-state index in [1.165, 1.54) is 6.07 Å². The number of thiophene rings is 1. The first kappa shape index (κ1) is 23.2. The molecule has 3 aromatic heterocycles. The number of anilines is 1. The van der Waals surface area contributed by atoms with Crippen LogP contribution in [-0.4, -0.2) is 21.5 Å². The summed E-state index contributed by atoms with van der Waals surface area (Å²) >= 11 is 1.64. The lowest BCUT2D eigenvalue weighted by molar-refractivity contribution is 0.484. The summed E-state index contributed by atoms with van der Waals surface area (Å²) in [6, 6.07) is 23.2. The number of nitrogens with one attached hydrogen (secondary N) is 2. The Kier molecular flexibility index (Phi) is 6.06. The number of ether oxygens (including phenoxy) is 1. The van der Waals surface area contributed by atoms with Crippen molar-refractivity contribution in [2.24, 2.45) is 0 Å². The van der Waals surface area contributed by atoms with Gasteiger partial charge < -0.3 is 15.0 Å². The van der Waals surface area contributed by atoms with Crippen LogP contribution in [0.25, 0.3) is 31.6 Å². The van der Waals surface area contributed by atoms with Gasteiger partial charge in [0, 0.05) is 28.1 Å². The molecule has 0 aliphatic heterocycles. The monoisotopic (exact) mass is 508 g/mol. The second-order valence-electron chi connectivity index (χ2n) is 8.98. The summed E-state index contributed by atoms with van der Waals surface area (Å²) in [7, 11) is 0. The van der Waals surface area contributed by atoms with E-state index in [9.17, 15) is 4.39 Å². The minimum Gasteiger partial charge on any atom is -0.457 e. The van der Waals surface area contributed by atoms with E-state index in [4.69, 9.17) is 4.74 Å². The van der Waals surface area contributed by atoms with Crippen LogP contribution in [0.5, 0.6) is 11.5 Å². The van der Waals surface area contributed by atoms with E-state index < -0.39 is 0 Å². The Bertz CT molecular complexity index is 1720. The fourth-order valence-corrected chi connectivity index (χ4v) is 5.86. The van der Waals surface area contributed by atoms with Crippen molar-refractivity contribution in [1.82, 2.24) is 15.0 Å². The standard InChI is InChI=1S/C30H25FN4OS/c1-18-12-13-23(31)28-27(18)21(19(2)35-28)14-15-32-30-29-24(33-17-34-30)16-26(37-29)22-10-6-7-11-25(22)36-20-8-4-3-5-9-20/h3-13,16-17,35H,14-15H2,1-2H3,(H,32,33,34). The van der Waals surface area contributed by atoms with E-state index in [1.807, 2.05) is 68.4 Å². The van der Waals surface area contributed by atoms with Crippen molar-refractivity contribution in [1.29, 1.82) is 0 Å². The molecule has 2 N–H and O–H groups in total. The summed E-state index contributed by atoms with van der Waals surface area (Å²) in [6.07, 6.45) is 2.33. The zero-order valence-electron chi connectivity index (χ0n) is 20.5. The zero-order valence-corrected chi connectivity index (χ0v) is 21.3. The van der Waals surface area contributed by atoms with Gasteiger partial charge in [-0.05, 0) is 67.8 Å². The van der Waals surface area contributed by atoms with Gasteiger partial charge in [0.1, 0.15) is 29.5 Å². The lowest BCUT2D eigenvalue weighted by Gasteiger charge is -2.09. The van der Waals surface area contributed by atoms with Gasteiger partial charge in [-0.3, -0.25) is 0 Å². The Morgan fingerprint density at radius 3 is 2.65 bits per heavy atom. The fourth-order valence-electron chi connectivity index (χ4n) is 4.75. The molecule has 0 bridgehead atoms. The summed E-state index contributed by atoms with van der Waals surface area (Å²) in [5.74, 6) is 2.16. The second kappa shape index (κ2) is 9.67. The quantitative estimate of drug-likeness (QED) is 0.229. The van der Waals surface area contributed by atoms with E-state index in [0.29, 0.717) is 12.1 Å². The van der Waals surface area contributed by atoms with Crippen LogP contribution in [0.1, 0.15) is 16.8 Å². The molecular formula is C30H25FN4OS. The number of H-pyrrole nitrogens is 1. The average Bonchev–Trinajstić information content (AvgIpc) is 3.50. The van der Waals surface area contributed by atoms with E-state index in [1.54, 1.807) is 17.7 Å². The van der Waals surface area contributed by atoms with Gasteiger partial charge in [-0.25, -0.2) is 14.4 Å². The molecule has 3 aromatic carbocycles. The van der Waals surface area contributed by atoms with Crippen molar-refractivity contribution in [3.8, 4) is 21.9 Å². The van der Waals surface area contributed by atoms with Crippen LogP contribution < -0.4 is 10.1 Å². The van der Waals surface area contributed by atoms with E-state index >= 15 is 0 Å². The molecule has 0 saturated carbocycles. The zero-order chi connectivity index (χ0) is 25.4. The van der Waals surface area contributed by atoms with Crippen LogP contribution in [0.4, 0.5) is 10.2 Å². The number of aryl methyl sites for hydroxylation is 2. The molecule has 5 nitrogen and oxygen atoms in total. The van der Waals surface area contributed by atoms with Crippen molar-refractivity contribution in [3.63, 3.8) is 0 Å². The van der Waals surface area contributed by atoms with E-state index in [2.05, 4.69) is 32.4 Å². The first-order valence-electron chi connectivity index (χ1n) is 12.2. The summed E-state index contributed by atoms with van der Waals surface area (Å²) in [5.41, 5.74) is 5.66. The molecule has 6 aromatic rings.